The molecule has 2 fully saturated rings. The third kappa shape index (κ3) is 6.90. The number of rotatable bonds is 7. The second kappa shape index (κ2) is 11.2. The van der Waals surface area contributed by atoms with Crippen molar-refractivity contribution in [1.82, 2.24) is 10.6 Å². The van der Waals surface area contributed by atoms with E-state index in [1.165, 1.54) is 24.2 Å². The average Bonchev–Trinajstić information content (AvgIpc) is 2.73. The van der Waals surface area contributed by atoms with Crippen molar-refractivity contribution in [2.75, 3.05) is 31.6 Å². The number of anilines is 1. The molecule has 30 heavy (non-hydrogen) atoms. The van der Waals surface area contributed by atoms with Crippen LogP contribution in [0.5, 0.6) is 5.75 Å². The summed E-state index contributed by atoms with van der Waals surface area (Å²) >= 11 is 0. The molecule has 2 aliphatic rings. The van der Waals surface area contributed by atoms with Crippen LogP contribution in [-0.2, 0) is 4.79 Å². The van der Waals surface area contributed by atoms with Crippen molar-refractivity contribution in [1.29, 1.82) is 0 Å². The molecule has 4 N–H and O–H groups in total. The van der Waals surface area contributed by atoms with Gasteiger partial charge in [-0.2, -0.15) is 0 Å². The van der Waals surface area contributed by atoms with E-state index < -0.39 is 0 Å². The van der Waals surface area contributed by atoms with E-state index in [2.05, 4.69) is 22.9 Å². The number of amides is 3. The maximum Gasteiger partial charge on any atom is 0.319 e. The van der Waals surface area contributed by atoms with Gasteiger partial charge in [-0.15, -0.1) is 0 Å². The third-order valence-electron chi connectivity index (χ3n) is 6.32. The van der Waals surface area contributed by atoms with E-state index in [0.29, 0.717) is 25.1 Å². The number of carbonyl (C=O) groups is 2. The molecule has 1 heterocycles. The first kappa shape index (κ1) is 22.4. The van der Waals surface area contributed by atoms with Gasteiger partial charge in [-0.3, -0.25) is 4.79 Å². The van der Waals surface area contributed by atoms with Crippen LogP contribution in [0.1, 0.15) is 52.4 Å². The van der Waals surface area contributed by atoms with Gasteiger partial charge in [-0.05, 0) is 49.9 Å². The Bertz CT molecular complexity index is 686. The maximum atomic E-state index is 12.4. The minimum absolute atomic E-state index is 0.151. The summed E-state index contributed by atoms with van der Waals surface area (Å²) in [5.74, 6) is 1.55. The van der Waals surface area contributed by atoms with E-state index in [1.807, 2.05) is 31.2 Å². The summed E-state index contributed by atoms with van der Waals surface area (Å²) in [6.07, 6.45) is 6.60. The number of hydrogen-bond acceptors (Lipinski definition) is 3. The first-order valence-electron chi connectivity index (χ1n) is 11.5. The number of likely N-dealkylation sites (tertiary alicyclic amines) is 1. The maximum absolute atomic E-state index is 12.4. The molecule has 1 aliphatic heterocycles. The smallest absolute Gasteiger partial charge is 0.319 e. The summed E-state index contributed by atoms with van der Waals surface area (Å²) in [4.78, 5) is 26.0. The van der Waals surface area contributed by atoms with Crippen molar-refractivity contribution in [3.05, 3.63) is 24.3 Å². The molecule has 1 aromatic rings. The number of piperidine rings is 1. The van der Waals surface area contributed by atoms with E-state index in [0.717, 1.165) is 43.8 Å². The molecule has 3 rings (SSSR count). The lowest BCUT2D eigenvalue weighted by Crippen LogP contribution is -3.14. The Labute approximate surface area is 179 Å². The normalized spacial score (nSPS) is 26.5. The molecule has 7 heteroatoms. The number of benzene rings is 1. The standard InChI is InChI=1S/C23H36N4O3/c1-3-30-20-10-8-18(9-11-20)24-23(29)25-19-12-14-27(15-13-19)16-22(28)26-21-7-5-4-6-17(21)2/h8-11,17,19,21H,3-7,12-16H2,1-2H3,(H,26,28)(H2,24,25,29)/p+1/t17-,21+/m0/s1. The minimum Gasteiger partial charge on any atom is -0.494 e. The van der Waals surface area contributed by atoms with E-state index in [4.69, 9.17) is 4.74 Å². The monoisotopic (exact) mass is 417 g/mol. The van der Waals surface area contributed by atoms with Gasteiger partial charge in [0.25, 0.3) is 5.91 Å². The first-order valence-corrected chi connectivity index (χ1v) is 11.5. The van der Waals surface area contributed by atoms with E-state index in [9.17, 15) is 9.59 Å². The van der Waals surface area contributed by atoms with Crippen LogP contribution >= 0.6 is 0 Å². The topological polar surface area (TPSA) is 83.9 Å². The second-order valence-corrected chi connectivity index (χ2v) is 8.69. The summed E-state index contributed by atoms with van der Waals surface area (Å²) in [6.45, 7) is 7.15. The van der Waals surface area contributed by atoms with Crippen molar-refractivity contribution < 1.29 is 19.2 Å². The molecule has 0 bridgehead atoms. The highest BCUT2D eigenvalue weighted by Gasteiger charge is 2.27. The molecule has 1 aromatic carbocycles. The van der Waals surface area contributed by atoms with Crippen LogP contribution < -0.4 is 25.6 Å². The Morgan fingerprint density at radius 1 is 1.03 bits per heavy atom. The molecule has 0 spiro atoms. The lowest BCUT2D eigenvalue weighted by Gasteiger charge is -2.32. The minimum atomic E-state index is -0.184. The summed E-state index contributed by atoms with van der Waals surface area (Å²) in [7, 11) is 0. The number of quaternary nitrogens is 1. The molecular weight excluding hydrogens is 380 g/mol. The van der Waals surface area contributed by atoms with Gasteiger partial charge in [-0.1, -0.05) is 19.8 Å². The molecule has 0 aromatic heterocycles. The van der Waals surface area contributed by atoms with Crippen LogP contribution in [0.25, 0.3) is 0 Å². The molecule has 0 radical (unpaired) electrons. The number of nitrogens with one attached hydrogen (secondary N) is 4. The summed E-state index contributed by atoms with van der Waals surface area (Å²) in [5, 5.41) is 9.18. The highest BCUT2D eigenvalue weighted by Crippen LogP contribution is 2.23. The van der Waals surface area contributed by atoms with E-state index >= 15 is 0 Å². The predicted octanol–water partition coefficient (Wildman–Crippen LogP) is 1.95. The molecule has 1 saturated heterocycles. The van der Waals surface area contributed by atoms with Gasteiger partial charge in [0.15, 0.2) is 6.54 Å². The molecule has 0 unspecified atom stereocenters. The Morgan fingerprint density at radius 3 is 2.40 bits per heavy atom. The Kier molecular flexibility index (Phi) is 8.37. The van der Waals surface area contributed by atoms with Crippen molar-refractivity contribution in [3.63, 3.8) is 0 Å². The van der Waals surface area contributed by atoms with Gasteiger partial charge < -0.3 is 25.6 Å². The van der Waals surface area contributed by atoms with Crippen LogP contribution in [0, 0.1) is 5.92 Å². The van der Waals surface area contributed by atoms with Crippen LogP contribution in [0.4, 0.5) is 10.5 Å². The fourth-order valence-electron chi connectivity index (χ4n) is 4.52. The first-order chi connectivity index (χ1) is 14.5. The fourth-order valence-corrected chi connectivity index (χ4v) is 4.52. The molecule has 1 aliphatic carbocycles. The highest BCUT2D eigenvalue weighted by atomic mass is 16.5. The summed E-state index contributed by atoms with van der Waals surface area (Å²) < 4.78 is 5.41. The second-order valence-electron chi connectivity index (χ2n) is 8.69. The van der Waals surface area contributed by atoms with Crippen molar-refractivity contribution >= 4 is 17.6 Å². The number of ether oxygens (including phenoxy) is 1. The Balaban J connectivity index is 1.34. The fraction of sp³-hybridized carbons (Fsp3) is 0.652. The quantitative estimate of drug-likeness (QED) is 0.547. The molecule has 7 nitrogen and oxygen atoms in total. The van der Waals surface area contributed by atoms with Gasteiger partial charge in [0, 0.05) is 30.6 Å². The molecule has 166 valence electrons. The average molecular weight is 418 g/mol. The number of carbonyl (C=O) groups excluding carboxylic acids is 2. The molecule has 1 saturated carbocycles. The zero-order valence-corrected chi connectivity index (χ0v) is 18.3. The van der Waals surface area contributed by atoms with Crippen LogP contribution in [-0.4, -0.2) is 50.3 Å². The highest BCUT2D eigenvalue weighted by molar-refractivity contribution is 5.89. The van der Waals surface area contributed by atoms with Crippen molar-refractivity contribution in [2.45, 2.75) is 64.5 Å². The number of urea groups is 1. The van der Waals surface area contributed by atoms with Gasteiger partial charge in [0.05, 0.1) is 19.7 Å². The van der Waals surface area contributed by atoms with Gasteiger partial charge in [0.1, 0.15) is 5.75 Å². The van der Waals surface area contributed by atoms with Crippen molar-refractivity contribution in [3.8, 4) is 5.75 Å². The van der Waals surface area contributed by atoms with Crippen LogP contribution in [0.15, 0.2) is 24.3 Å². The van der Waals surface area contributed by atoms with E-state index in [1.54, 1.807) is 0 Å². The number of hydrogen-bond donors (Lipinski definition) is 4. The summed E-state index contributed by atoms with van der Waals surface area (Å²) in [6, 6.07) is 7.68. The predicted molar refractivity (Wildman–Crippen MR) is 118 cm³/mol. The van der Waals surface area contributed by atoms with Crippen LogP contribution in [0.3, 0.4) is 0 Å². The molecule has 3 amide bonds. The van der Waals surface area contributed by atoms with Gasteiger partial charge in [-0.25, -0.2) is 4.79 Å². The molecule has 2 atom stereocenters. The van der Waals surface area contributed by atoms with Crippen molar-refractivity contribution in [2.24, 2.45) is 5.92 Å². The lowest BCUT2D eigenvalue weighted by atomic mass is 9.86. The lowest BCUT2D eigenvalue weighted by molar-refractivity contribution is -0.897. The Hall–Kier alpha value is -2.28. The van der Waals surface area contributed by atoms with E-state index in [-0.39, 0.29) is 18.0 Å². The summed E-state index contributed by atoms with van der Waals surface area (Å²) in [5.41, 5.74) is 0.743. The zero-order valence-electron chi connectivity index (χ0n) is 18.3. The SMILES string of the molecule is CCOc1ccc(NC(=O)NC2CC[NH+](CC(=O)N[C@@H]3CCCC[C@@H]3C)CC2)cc1. The third-order valence-corrected chi connectivity index (χ3v) is 6.32. The van der Waals surface area contributed by atoms with Gasteiger partial charge >= 0.3 is 6.03 Å². The van der Waals surface area contributed by atoms with Crippen LogP contribution in [0.2, 0.25) is 0 Å². The molecular formula is C23H37N4O3+. The van der Waals surface area contributed by atoms with Gasteiger partial charge in [0.2, 0.25) is 0 Å². The largest absolute Gasteiger partial charge is 0.494 e. The zero-order chi connectivity index (χ0) is 21.3. The Morgan fingerprint density at radius 2 is 1.73 bits per heavy atom.